The van der Waals surface area contributed by atoms with E-state index in [0.717, 1.165) is 12.3 Å². The van der Waals surface area contributed by atoms with E-state index in [2.05, 4.69) is 4.98 Å². The predicted molar refractivity (Wildman–Crippen MR) is 55.6 cm³/mol. The molecule has 1 aromatic heterocycles. The van der Waals surface area contributed by atoms with Crippen LogP contribution in [0, 0.1) is 0 Å². The van der Waals surface area contributed by atoms with E-state index in [1.54, 1.807) is 0 Å². The molecule has 0 bridgehead atoms. The van der Waals surface area contributed by atoms with Gasteiger partial charge in [-0.1, -0.05) is 0 Å². The Balaban J connectivity index is 3.11. The summed E-state index contributed by atoms with van der Waals surface area (Å²) in [7, 11) is 0. The zero-order valence-corrected chi connectivity index (χ0v) is 8.37. The van der Waals surface area contributed by atoms with Gasteiger partial charge in [0.2, 0.25) is 0 Å². The van der Waals surface area contributed by atoms with E-state index in [0.29, 0.717) is 0 Å². The number of aromatic carboxylic acids is 1. The van der Waals surface area contributed by atoms with Gasteiger partial charge in [0.1, 0.15) is 11.9 Å². The van der Waals surface area contributed by atoms with Crippen LogP contribution in [0.15, 0.2) is 12.3 Å². The molecule has 0 aliphatic rings. The lowest BCUT2D eigenvalue weighted by Crippen LogP contribution is -2.28. The number of carboxylic acids is 1. The molecule has 0 spiro atoms. The molecule has 0 amide bonds. The molecule has 7 N–H and O–H groups in total. The Labute approximate surface area is 91.3 Å². The zero-order valence-electron chi connectivity index (χ0n) is 8.37. The van der Waals surface area contributed by atoms with Crippen LogP contribution >= 0.6 is 0 Å². The topological polar surface area (TPSA) is 143 Å². The lowest BCUT2D eigenvalue weighted by Gasteiger charge is -2.17. The molecule has 0 saturated heterocycles. The molecule has 2 unspecified atom stereocenters. The van der Waals surface area contributed by atoms with Crippen LogP contribution in [0.4, 0.5) is 5.82 Å². The molecule has 0 aromatic carbocycles. The number of pyridine rings is 1. The molecule has 0 saturated carbocycles. The second-order valence-corrected chi connectivity index (χ2v) is 3.25. The Kier molecular flexibility index (Phi) is 3.78. The van der Waals surface area contributed by atoms with Crippen LogP contribution in [-0.2, 0) is 0 Å². The molecule has 0 aliphatic carbocycles. The number of aromatic nitrogens is 1. The summed E-state index contributed by atoms with van der Waals surface area (Å²) >= 11 is 0. The predicted octanol–water partition coefficient (Wildman–Crippen LogP) is -1.28. The lowest BCUT2D eigenvalue weighted by molar-refractivity contribution is 0.0245. The molecular formula is C9H13N3O4. The number of nitrogen functional groups attached to an aromatic ring is 1. The third-order valence-electron chi connectivity index (χ3n) is 2.12. The molecule has 0 radical (unpaired) electrons. The van der Waals surface area contributed by atoms with Gasteiger partial charge in [-0.2, -0.15) is 0 Å². The van der Waals surface area contributed by atoms with Gasteiger partial charge in [-0.3, -0.25) is 0 Å². The summed E-state index contributed by atoms with van der Waals surface area (Å²) in [5.41, 5.74) is 10.6. The van der Waals surface area contributed by atoms with Gasteiger partial charge in [0.15, 0.2) is 0 Å². The van der Waals surface area contributed by atoms with Crippen molar-refractivity contribution in [3.8, 4) is 0 Å². The molecule has 7 heteroatoms. The minimum Gasteiger partial charge on any atom is -0.478 e. The first kappa shape index (κ1) is 12.4. The number of hydrogen-bond acceptors (Lipinski definition) is 6. The number of nitrogens with two attached hydrogens (primary N) is 2. The van der Waals surface area contributed by atoms with E-state index in [1.165, 1.54) is 0 Å². The van der Waals surface area contributed by atoms with Crippen LogP contribution in [0.5, 0.6) is 0 Å². The standard InChI is InChI=1S/C9H13N3O4/c10-2-6(13)7(14)5-1-4(9(15)16)3-12-8(5)11/h1,3,6-7,13-14H,2,10H2,(H2,11,12)(H,15,16). The van der Waals surface area contributed by atoms with Crippen LogP contribution in [0.3, 0.4) is 0 Å². The van der Waals surface area contributed by atoms with E-state index in [-0.39, 0.29) is 23.5 Å². The van der Waals surface area contributed by atoms with Gasteiger partial charge in [-0.25, -0.2) is 9.78 Å². The molecule has 88 valence electrons. The van der Waals surface area contributed by atoms with Crippen LogP contribution < -0.4 is 11.5 Å². The first-order valence-electron chi connectivity index (χ1n) is 4.52. The highest BCUT2D eigenvalue weighted by molar-refractivity contribution is 5.87. The van der Waals surface area contributed by atoms with Crippen LogP contribution in [-0.4, -0.2) is 38.9 Å². The number of carboxylic acid groups (broad SMARTS) is 1. The largest absolute Gasteiger partial charge is 0.478 e. The molecule has 1 aromatic rings. The number of hydrogen-bond donors (Lipinski definition) is 5. The fraction of sp³-hybridized carbons (Fsp3) is 0.333. The van der Waals surface area contributed by atoms with Crippen LogP contribution in [0.25, 0.3) is 0 Å². The van der Waals surface area contributed by atoms with E-state index < -0.39 is 18.2 Å². The average Bonchev–Trinajstić information content (AvgIpc) is 2.27. The number of anilines is 1. The Morgan fingerprint density at radius 3 is 2.62 bits per heavy atom. The summed E-state index contributed by atoms with van der Waals surface area (Å²) in [6.07, 6.45) is -1.49. The van der Waals surface area contributed by atoms with Crippen molar-refractivity contribution in [1.82, 2.24) is 4.98 Å². The highest BCUT2D eigenvalue weighted by Gasteiger charge is 2.21. The fourth-order valence-corrected chi connectivity index (χ4v) is 1.18. The minimum absolute atomic E-state index is 0.0370. The quantitative estimate of drug-likeness (QED) is 0.430. The molecular weight excluding hydrogens is 214 g/mol. The molecule has 7 nitrogen and oxygen atoms in total. The highest BCUT2D eigenvalue weighted by atomic mass is 16.4. The molecule has 0 aliphatic heterocycles. The van der Waals surface area contributed by atoms with Gasteiger partial charge >= 0.3 is 5.97 Å². The van der Waals surface area contributed by atoms with Crippen molar-refractivity contribution in [2.24, 2.45) is 5.73 Å². The number of rotatable bonds is 4. The molecule has 0 fully saturated rings. The second kappa shape index (κ2) is 4.88. The molecule has 2 atom stereocenters. The van der Waals surface area contributed by atoms with E-state index in [9.17, 15) is 15.0 Å². The average molecular weight is 227 g/mol. The summed E-state index contributed by atoms with van der Waals surface area (Å²) in [5, 5.41) is 27.7. The van der Waals surface area contributed by atoms with Gasteiger partial charge in [0.25, 0.3) is 0 Å². The smallest absolute Gasteiger partial charge is 0.337 e. The Bertz CT molecular complexity index is 396. The lowest BCUT2D eigenvalue weighted by atomic mass is 10.0. The molecule has 1 rings (SSSR count). The van der Waals surface area contributed by atoms with Gasteiger partial charge in [-0.05, 0) is 6.07 Å². The zero-order chi connectivity index (χ0) is 12.3. The van der Waals surface area contributed by atoms with Gasteiger partial charge in [0.05, 0.1) is 11.7 Å². The summed E-state index contributed by atoms with van der Waals surface area (Å²) < 4.78 is 0. The molecule has 16 heavy (non-hydrogen) atoms. The van der Waals surface area contributed by atoms with Crippen molar-refractivity contribution in [1.29, 1.82) is 0 Å². The van der Waals surface area contributed by atoms with Crippen LogP contribution in [0.1, 0.15) is 22.0 Å². The normalized spacial score (nSPS) is 14.4. The Hall–Kier alpha value is -1.70. The Morgan fingerprint density at radius 2 is 2.12 bits per heavy atom. The van der Waals surface area contributed by atoms with Gasteiger partial charge in [-0.15, -0.1) is 0 Å². The van der Waals surface area contributed by atoms with Crippen molar-refractivity contribution in [3.05, 3.63) is 23.4 Å². The first-order chi connectivity index (χ1) is 7.47. The van der Waals surface area contributed by atoms with Crippen LogP contribution in [0.2, 0.25) is 0 Å². The Morgan fingerprint density at radius 1 is 1.50 bits per heavy atom. The highest BCUT2D eigenvalue weighted by Crippen LogP contribution is 2.22. The third-order valence-corrected chi connectivity index (χ3v) is 2.12. The summed E-state index contributed by atoms with van der Waals surface area (Å²) in [4.78, 5) is 14.3. The minimum atomic E-state index is -1.35. The second-order valence-electron chi connectivity index (χ2n) is 3.25. The van der Waals surface area contributed by atoms with Crippen molar-refractivity contribution >= 4 is 11.8 Å². The van der Waals surface area contributed by atoms with Crippen molar-refractivity contribution in [3.63, 3.8) is 0 Å². The van der Waals surface area contributed by atoms with Crippen molar-refractivity contribution in [2.75, 3.05) is 12.3 Å². The van der Waals surface area contributed by atoms with E-state index in [4.69, 9.17) is 16.6 Å². The maximum absolute atomic E-state index is 10.7. The maximum Gasteiger partial charge on any atom is 0.337 e. The summed E-state index contributed by atoms with van der Waals surface area (Å²) in [5.74, 6) is -1.23. The number of aliphatic hydroxyl groups excluding tert-OH is 2. The molecule has 1 heterocycles. The van der Waals surface area contributed by atoms with E-state index >= 15 is 0 Å². The van der Waals surface area contributed by atoms with Crippen molar-refractivity contribution < 1.29 is 20.1 Å². The SMILES string of the molecule is NCC(O)C(O)c1cc(C(=O)O)cnc1N. The van der Waals surface area contributed by atoms with Gasteiger partial charge in [0, 0.05) is 18.3 Å². The number of nitrogens with zero attached hydrogens (tertiary/aromatic N) is 1. The van der Waals surface area contributed by atoms with Gasteiger partial charge < -0.3 is 26.8 Å². The van der Waals surface area contributed by atoms with E-state index in [1.807, 2.05) is 0 Å². The summed E-state index contributed by atoms with van der Waals surface area (Å²) in [6, 6.07) is 1.16. The fourth-order valence-electron chi connectivity index (χ4n) is 1.18. The maximum atomic E-state index is 10.7. The number of aliphatic hydroxyl groups is 2. The summed E-state index contributed by atoms with van der Waals surface area (Å²) in [6.45, 7) is -0.169. The third kappa shape index (κ3) is 2.45. The van der Waals surface area contributed by atoms with Crippen molar-refractivity contribution in [2.45, 2.75) is 12.2 Å². The monoisotopic (exact) mass is 227 g/mol. The first-order valence-corrected chi connectivity index (χ1v) is 4.52. The number of carbonyl (C=O) groups is 1.